The molecule has 0 saturated carbocycles. The van der Waals surface area contributed by atoms with Crippen molar-refractivity contribution in [1.82, 2.24) is 4.57 Å². The molecule has 0 spiro atoms. The van der Waals surface area contributed by atoms with E-state index in [0.717, 1.165) is 22.9 Å². The van der Waals surface area contributed by atoms with Crippen LogP contribution in [0.15, 0.2) is 29.1 Å². The van der Waals surface area contributed by atoms with Gasteiger partial charge in [0.15, 0.2) is 0 Å². The summed E-state index contributed by atoms with van der Waals surface area (Å²) in [5, 5.41) is 1.03. The molecule has 0 radical (unpaired) electrons. The number of aromatic nitrogens is 1. The van der Waals surface area contributed by atoms with E-state index in [0.29, 0.717) is 12.3 Å². The summed E-state index contributed by atoms with van der Waals surface area (Å²) in [6.45, 7) is 4.46. The molecule has 1 aromatic carbocycles. The Balaban J connectivity index is 2.77. The second-order valence-corrected chi connectivity index (χ2v) is 4.80. The van der Waals surface area contributed by atoms with Crippen LogP contribution >= 0.6 is 0 Å². The number of rotatable bonds is 4. The minimum atomic E-state index is -0.0338. The number of para-hydroxylation sites is 1. The minimum Gasteiger partial charge on any atom is -0.495 e. The summed E-state index contributed by atoms with van der Waals surface area (Å²) < 4.78 is 7.11. The second-order valence-electron chi connectivity index (χ2n) is 4.80. The van der Waals surface area contributed by atoms with Gasteiger partial charge in [0, 0.05) is 24.0 Å². The molecule has 1 atom stereocenters. The van der Waals surface area contributed by atoms with Gasteiger partial charge in [-0.25, -0.2) is 0 Å². The Bertz CT molecular complexity index is 646. The van der Waals surface area contributed by atoms with E-state index in [1.807, 2.05) is 32.0 Å². The summed E-state index contributed by atoms with van der Waals surface area (Å²) in [6, 6.07) is 7.43. The number of ether oxygens (including phenoxy) is 1. The second kappa shape index (κ2) is 5.45. The van der Waals surface area contributed by atoms with Crippen molar-refractivity contribution in [3.63, 3.8) is 0 Å². The first-order valence-electron chi connectivity index (χ1n) is 6.51. The topological polar surface area (TPSA) is 57.2 Å². The van der Waals surface area contributed by atoms with Crippen LogP contribution in [0.3, 0.4) is 0 Å². The molecule has 2 rings (SSSR count). The Hall–Kier alpha value is -1.81. The van der Waals surface area contributed by atoms with Crippen LogP contribution < -0.4 is 16.0 Å². The van der Waals surface area contributed by atoms with Crippen LogP contribution in [0.4, 0.5) is 0 Å². The Morgan fingerprint density at radius 2 is 2.16 bits per heavy atom. The highest BCUT2D eigenvalue weighted by Crippen LogP contribution is 2.26. The van der Waals surface area contributed by atoms with Crippen molar-refractivity contribution in [2.24, 2.45) is 5.73 Å². The summed E-state index contributed by atoms with van der Waals surface area (Å²) in [7, 11) is 1.62. The quantitative estimate of drug-likeness (QED) is 0.915. The molecule has 4 heteroatoms. The van der Waals surface area contributed by atoms with Gasteiger partial charge in [0.1, 0.15) is 5.75 Å². The number of pyridine rings is 1. The van der Waals surface area contributed by atoms with Gasteiger partial charge in [0.25, 0.3) is 5.56 Å². The predicted molar refractivity (Wildman–Crippen MR) is 77.8 cm³/mol. The van der Waals surface area contributed by atoms with Crippen molar-refractivity contribution in [2.75, 3.05) is 7.11 Å². The first kappa shape index (κ1) is 13.6. The van der Waals surface area contributed by atoms with Gasteiger partial charge in [-0.2, -0.15) is 0 Å². The Labute approximate surface area is 112 Å². The molecule has 0 aliphatic heterocycles. The van der Waals surface area contributed by atoms with Gasteiger partial charge in [0.2, 0.25) is 0 Å². The van der Waals surface area contributed by atoms with Gasteiger partial charge < -0.3 is 15.0 Å². The predicted octanol–water partition coefficient (Wildman–Crippen LogP) is 2.06. The standard InChI is InChI=1S/C15H20N2O2/c1-4-11(16)9-17-14(18)8-10(2)12-6-5-7-13(19-3)15(12)17/h5-8,11H,4,9,16H2,1-3H3. The van der Waals surface area contributed by atoms with Crippen molar-refractivity contribution in [2.45, 2.75) is 32.9 Å². The van der Waals surface area contributed by atoms with Crippen molar-refractivity contribution in [1.29, 1.82) is 0 Å². The number of fused-ring (bicyclic) bond motifs is 1. The first-order chi connectivity index (χ1) is 9.08. The average molecular weight is 260 g/mol. The molecule has 2 N–H and O–H groups in total. The van der Waals surface area contributed by atoms with Crippen molar-refractivity contribution < 1.29 is 4.74 Å². The third-order valence-electron chi connectivity index (χ3n) is 3.46. The smallest absolute Gasteiger partial charge is 0.251 e. The molecular formula is C15H20N2O2. The number of benzene rings is 1. The highest BCUT2D eigenvalue weighted by molar-refractivity contribution is 5.87. The molecule has 102 valence electrons. The normalized spacial score (nSPS) is 12.6. The maximum Gasteiger partial charge on any atom is 0.251 e. The van der Waals surface area contributed by atoms with Crippen LogP contribution in [-0.2, 0) is 6.54 Å². The molecule has 0 amide bonds. The van der Waals surface area contributed by atoms with Gasteiger partial charge in [-0.1, -0.05) is 19.1 Å². The van der Waals surface area contributed by atoms with Crippen molar-refractivity contribution >= 4 is 10.9 Å². The number of methoxy groups -OCH3 is 1. The molecule has 2 aromatic rings. The summed E-state index contributed by atoms with van der Waals surface area (Å²) in [5.41, 5.74) is 7.76. The van der Waals surface area contributed by atoms with Gasteiger partial charge in [-0.3, -0.25) is 4.79 Å². The van der Waals surface area contributed by atoms with Crippen LogP contribution in [0.25, 0.3) is 10.9 Å². The zero-order chi connectivity index (χ0) is 14.0. The van der Waals surface area contributed by atoms with Gasteiger partial charge in [0.05, 0.1) is 12.6 Å². The van der Waals surface area contributed by atoms with Crippen LogP contribution in [-0.4, -0.2) is 17.7 Å². The van der Waals surface area contributed by atoms with E-state index in [2.05, 4.69) is 0 Å². The molecule has 1 aromatic heterocycles. The number of hydrogen-bond acceptors (Lipinski definition) is 3. The van der Waals surface area contributed by atoms with Crippen LogP contribution in [0.2, 0.25) is 0 Å². The third kappa shape index (κ3) is 2.49. The minimum absolute atomic E-state index is 0.0293. The van der Waals surface area contributed by atoms with E-state index in [1.54, 1.807) is 17.7 Å². The summed E-state index contributed by atoms with van der Waals surface area (Å²) >= 11 is 0. The molecule has 19 heavy (non-hydrogen) atoms. The Kier molecular flexibility index (Phi) is 3.90. The maximum atomic E-state index is 12.2. The Morgan fingerprint density at radius 3 is 2.79 bits per heavy atom. The van der Waals surface area contributed by atoms with E-state index >= 15 is 0 Å². The zero-order valence-corrected chi connectivity index (χ0v) is 11.6. The highest BCUT2D eigenvalue weighted by Gasteiger charge is 2.12. The molecule has 1 unspecified atom stereocenters. The molecular weight excluding hydrogens is 240 g/mol. The number of nitrogens with zero attached hydrogens (tertiary/aromatic N) is 1. The Morgan fingerprint density at radius 1 is 1.42 bits per heavy atom. The highest BCUT2D eigenvalue weighted by atomic mass is 16.5. The summed E-state index contributed by atoms with van der Waals surface area (Å²) in [5.74, 6) is 0.710. The van der Waals surface area contributed by atoms with Gasteiger partial charge in [-0.05, 0) is 25.0 Å². The lowest BCUT2D eigenvalue weighted by Crippen LogP contribution is -2.31. The number of nitrogens with two attached hydrogens (primary N) is 1. The SMILES string of the molecule is CCC(N)Cn1c(=O)cc(C)c2cccc(OC)c21. The molecule has 0 fully saturated rings. The fourth-order valence-electron chi connectivity index (χ4n) is 2.28. The molecule has 0 bridgehead atoms. The summed E-state index contributed by atoms with van der Waals surface area (Å²) in [4.78, 5) is 12.2. The lowest BCUT2D eigenvalue weighted by atomic mass is 10.1. The van der Waals surface area contributed by atoms with E-state index in [9.17, 15) is 4.79 Å². The lowest BCUT2D eigenvalue weighted by Gasteiger charge is -2.17. The zero-order valence-electron chi connectivity index (χ0n) is 11.6. The van der Waals surface area contributed by atoms with E-state index in [4.69, 9.17) is 10.5 Å². The number of hydrogen-bond donors (Lipinski definition) is 1. The molecule has 0 saturated heterocycles. The molecule has 4 nitrogen and oxygen atoms in total. The van der Waals surface area contributed by atoms with Crippen LogP contribution in [0.1, 0.15) is 18.9 Å². The fraction of sp³-hybridized carbons (Fsp3) is 0.400. The largest absolute Gasteiger partial charge is 0.495 e. The summed E-state index contributed by atoms with van der Waals surface area (Å²) in [6.07, 6.45) is 0.830. The molecule has 1 heterocycles. The maximum absolute atomic E-state index is 12.2. The van der Waals surface area contributed by atoms with E-state index in [-0.39, 0.29) is 11.6 Å². The van der Waals surface area contributed by atoms with Crippen molar-refractivity contribution in [3.05, 3.63) is 40.2 Å². The third-order valence-corrected chi connectivity index (χ3v) is 3.46. The monoisotopic (exact) mass is 260 g/mol. The fourth-order valence-corrected chi connectivity index (χ4v) is 2.28. The average Bonchev–Trinajstić information content (AvgIpc) is 2.42. The van der Waals surface area contributed by atoms with Crippen LogP contribution in [0, 0.1) is 6.92 Å². The van der Waals surface area contributed by atoms with Gasteiger partial charge in [-0.15, -0.1) is 0 Å². The first-order valence-corrected chi connectivity index (χ1v) is 6.51. The van der Waals surface area contributed by atoms with Crippen LogP contribution in [0.5, 0.6) is 5.75 Å². The van der Waals surface area contributed by atoms with Gasteiger partial charge >= 0.3 is 0 Å². The number of aryl methyl sites for hydroxylation is 1. The van der Waals surface area contributed by atoms with Crippen molar-refractivity contribution in [3.8, 4) is 5.75 Å². The van der Waals surface area contributed by atoms with E-state index in [1.165, 1.54) is 0 Å². The molecule has 0 aliphatic rings. The van der Waals surface area contributed by atoms with E-state index < -0.39 is 0 Å². The molecule has 0 aliphatic carbocycles. The lowest BCUT2D eigenvalue weighted by molar-refractivity contribution is 0.415.